The smallest absolute Gasteiger partial charge is 0.269 e. The number of sulfonamides is 1. The van der Waals surface area contributed by atoms with Crippen LogP contribution in [0, 0.1) is 16.0 Å². The molecule has 0 radical (unpaired) electrons. The molecule has 0 fully saturated rings. The van der Waals surface area contributed by atoms with Gasteiger partial charge in [0.05, 0.1) is 9.82 Å². The molecule has 1 aromatic carbocycles. The van der Waals surface area contributed by atoms with E-state index in [2.05, 4.69) is 4.72 Å². The summed E-state index contributed by atoms with van der Waals surface area (Å²) in [6.07, 6.45) is 2.27. The predicted octanol–water partition coefficient (Wildman–Crippen LogP) is 1.67. The fourth-order valence-corrected chi connectivity index (χ4v) is 3.11. The van der Waals surface area contributed by atoms with Crippen LogP contribution in [-0.4, -0.2) is 31.6 Å². The van der Waals surface area contributed by atoms with Crippen molar-refractivity contribution in [2.24, 2.45) is 5.92 Å². The molecular formula is C13H20N2O5S. The van der Waals surface area contributed by atoms with Crippen LogP contribution in [0.5, 0.6) is 0 Å². The molecule has 1 atom stereocenters. The Morgan fingerprint density at radius 3 is 2.38 bits per heavy atom. The molecule has 118 valence electrons. The summed E-state index contributed by atoms with van der Waals surface area (Å²) in [6.45, 7) is 2.26. The Kier molecular flexibility index (Phi) is 6.73. The number of rotatable bonds is 9. The normalized spacial score (nSPS) is 13.0. The lowest BCUT2D eigenvalue weighted by atomic mass is 10.0. The third-order valence-electron chi connectivity index (χ3n) is 3.15. The molecule has 2 N–H and O–H groups in total. The topological polar surface area (TPSA) is 110 Å². The van der Waals surface area contributed by atoms with Crippen LogP contribution in [0.4, 0.5) is 5.69 Å². The zero-order valence-corrected chi connectivity index (χ0v) is 12.7. The second-order valence-electron chi connectivity index (χ2n) is 4.77. The van der Waals surface area contributed by atoms with E-state index < -0.39 is 14.9 Å². The Morgan fingerprint density at radius 2 is 1.90 bits per heavy atom. The maximum Gasteiger partial charge on any atom is 0.269 e. The highest BCUT2D eigenvalue weighted by atomic mass is 32.2. The first kappa shape index (κ1) is 17.5. The summed E-state index contributed by atoms with van der Waals surface area (Å²) in [5, 5.41) is 19.5. The summed E-state index contributed by atoms with van der Waals surface area (Å²) in [5.74, 6) is 0.0767. The molecule has 1 rings (SSSR count). The second kappa shape index (κ2) is 8.06. The number of nitrogens with one attached hydrogen (secondary N) is 1. The fraction of sp³-hybridized carbons (Fsp3) is 0.538. The Hall–Kier alpha value is -1.51. The lowest BCUT2D eigenvalue weighted by molar-refractivity contribution is -0.384. The average Bonchev–Trinajstić information content (AvgIpc) is 2.45. The number of hydrogen-bond acceptors (Lipinski definition) is 5. The molecule has 7 nitrogen and oxygen atoms in total. The lowest BCUT2D eigenvalue weighted by Crippen LogP contribution is -2.29. The molecule has 0 aromatic heterocycles. The Morgan fingerprint density at radius 1 is 1.29 bits per heavy atom. The molecule has 0 aliphatic heterocycles. The Balaban J connectivity index is 2.74. The number of hydrogen-bond donors (Lipinski definition) is 2. The van der Waals surface area contributed by atoms with Crippen LogP contribution in [-0.2, 0) is 10.0 Å². The van der Waals surface area contributed by atoms with E-state index in [4.69, 9.17) is 5.11 Å². The highest BCUT2D eigenvalue weighted by molar-refractivity contribution is 7.89. The van der Waals surface area contributed by atoms with Crippen LogP contribution in [0.3, 0.4) is 0 Å². The quantitative estimate of drug-likeness (QED) is 0.532. The van der Waals surface area contributed by atoms with E-state index >= 15 is 0 Å². The van der Waals surface area contributed by atoms with Crippen molar-refractivity contribution in [3.05, 3.63) is 34.4 Å². The fourth-order valence-electron chi connectivity index (χ4n) is 2.00. The first-order valence-corrected chi connectivity index (χ1v) is 8.24. The zero-order chi connectivity index (χ0) is 15.9. The Bertz CT molecular complexity index is 550. The van der Waals surface area contributed by atoms with Gasteiger partial charge in [0.1, 0.15) is 0 Å². The summed E-state index contributed by atoms with van der Waals surface area (Å²) in [7, 11) is -3.69. The lowest BCUT2D eigenvalue weighted by Gasteiger charge is -2.15. The van der Waals surface area contributed by atoms with Crippen molar-refractivity contribution in [1.29, 1.82) is 0 Å². The largest absolute Gasteiger partial charge is 0.396 e. The summed E-state index contributed by atoms with van der Waals surface area (Å²) >= 11 is 0. The average molecular weight is 316 g/mol. The maximum absolute atomic E-state index is 12.1. The monoisotopic (exact) mass is 316 g/mol. The van der Waals surface area contributed by atoms with Gasteiger partial charge in [-0.15, -0.1) is 0 Å². The molecule has 8 heteroatoms. The van der Waals surface area contributed by atoms with Crippen LogP contribution >= 0.6 is 0 Å². The molecule has 0 saturated heterocycles. The van der Waals surface area contributed by atoms with Crippen molar-refractivity contribution < 1.29 is 18.4 Å². The highest BCUT2D eigenvalue weighted by Crippen LogP contribution is 2.16. The molecule has 1 unspecified atom stereocenters. The van der Waals surface area contributed by atoms with Crippen molar-refractivity contribution in [2.45, 2.75) is 31.1 Å². The number of nitro groups is 1. The number of aliphatic hydroxyl groups excluding tert-OH is 1. The molecule has 0 heterocycles. The first-order valence-electron chi connectivity index (χ1n) is 6.75. The number of nitro benzene ring substituents is 1. The van der Waals surface area contributed by atoms with E-state index in [-0.39, 0.29) is 29.7 Å². The van der Waals surface area contributed by atoms with Gasteiger partial charge in [0, 0.05) is 25.3 Å². The molecule has 0 spiro atoms. The molecule has 0 saturated carbocycles. The summed E-state index contributed by atoms with van der Waals surface area (Å²) in [6, 6.07) is 4.74. The van der Waals surface area contributed by atoms with E-state index in [1.807, 2.05) is 6.92 Å². The van der Waals surface area contributed by atoms with E-state index in [0.717, 1.165) is 25.0 Å². The van der Waals surface area contributed by atoms with E-state index in [9.17, 15) is 18.5 Å². The summed E-state index contributed by atoms with van der Waals surface area (Å²) < 4.78 is 26.7. The van der Waals surface area contributed by atoms with Crippen LogP contribution in [0.25, 0.3) is 0 Å². The van der Waals surface area contributed by atoms with Gasteiger partial charge in [0.2, 0.25) is 10.0 Å². The van der Waals surface area contributed by atoms with Crippen LogP contribution in [0.15, 0.2) is 29.2 Å². The maximum atomic E-state index is 12.1. The Labute approximate surface area is 124 Å². The standard InChI is InChI=1S/C13H20N2O5S/c1-2-3-11(8-9-16)10-14-21(19,20)13-6-4-12(5-7-13)15(17)18/h4-7,11,14,16H,2-3,8-10H2,1H3. The van der Waals surface area contributed by atoms with Crippen molar-refractivity contribution in [3.63, 3.8) is 0 Å². The van der Waals surface area contributed by atoms with Crippen LogP contribution in [0.2, 0.25) is 0 Å². The van der Waals surface area contributed by atoms with Gasteiger partial charge in [-0.3, -0.25) is 10.1 Å². The van der Waals surface area contributed by atoms with Crippen LogP contribution < -0.4 is 4.72 Å². The second-order valence-corrected chi connectivity index (χ2v) is 6.54. The van der Waals surface area contributed by atoms with Gasteiger partial charge in [-0.1, -0.05) is 13.3 Å². The van der Waals surface area contributed by atoms with Gasteiger partial charge in [-0.25, -0.2) is 13.1 Å². The van der Waals surface area contributed by atoms with Gasteiger partial charge in [0.15, 0.2) is 0 Å². The number of benzene rings is 1. The number of non-ortho nitro benzene ring substituents is 1. The summed E-state index contributed by atoms with van der Waals surface area (Å²) in [5.41, 5.74) is -0.155. The van der Waals surface area contributed by atoms with Crippen molar-refractivity contribution in [2.75, 3.05) is 13.2 Å². The molecule has 0 aliphatic rings. The minimum absolute atomic E-state index is 0.00709. The van der Waals surface area contributed by atoms with E-state index in [1.165, 1.54) is 12.1 Å². The molecule has 0 bridgehead atoms. The van der Waals surface area contributed by atoms with Crippen molar-refractivity contribution in [3.8, 4) is 0 Å². The van der Waals surface area contributed by atoms with E-state index in [0.29, 0.717) is 6.42 Å². The van der Waals surface area contributed by atoms with Gasteiger partial charge in [-0.05, 0) is 30.9 Å². The number of nitrogens with zero attached hydrogens (tertiary/aromatic N) is 1. The SMILES string of the molecule is CCCC(CCO)CNS(=O)(=O)c1ccc([N+](=O)[O-])cc1. The number of aliphatic hydroxyl groups is 1. The van der Waals surface area contributed by atoms with Crippen LogP contribution in [0.1, 0.15) is 26.2 Å². The third-order valence-corrected chi connectivity index (χ3v) is 4.59. The van der Waals surface area contributed by atoms with Gasteiger partial charge >= 0.3 is 0 Å². The van der Waals surface area contributed by atoms with Crippen molar-refractivity contribution in [1.82, 2.24) is 4.72 Å². The van der Waals surface area contributed by atoms with Gasteiger partial charge in [-0.2, -0.15) is 0 Å². The molecular weight excluding hydrogens is 296 g/mol. The highest BCUT2D eigenvalue weighted by Gasteiger charge is 2.17. The minimum Gasteiger partial charge on any atom is -0.396 e. The molecule has 1 aromatic rings. The third kappa shape index (κ3) is 5.41. The minimum atomic E-state index is -3.69. The predicted molar refractivity (Wildman–Crippen MR) is 78.4 cm³/mol. The van der Waals surface area contributed by atoms with Crippen molar-refractivity contribution >= 4 is 15.7 Å². The molecule has 0 aliphatic carbocycles. The first-order chi connectivity index (χ1) is 9.90. The van der Waals surface area contributed by atoms with Gasteiger partial charge < -0.3 is 5.11 Å². The molecule has 21 heavy (non-hydrogen) atoms. The molecule has 0 amide bonds. The zero-order valence-electron chi connectivity index (χ0n) is 11.9. The van der Waals surface area contributed by atoms with E-state index in [1.54, 1.807) is 0 Å². The summed E-state index contributed by atoms with van der Waals surface area (Å²) in [4.78, 5) is 9.95. The van der Waals surface area contributed by atoms with Gasteiger partial charge in [0.25, 0.3) is 5.69 Å².